The molecule has 2 heterocycles. The van der Waals surface area contributed by atoms with Crippen LogP contribution in [0.3, 0.4) is 0 Å². The van der Waals surface area contributed by atoms with E-state index in [2.05, 4.69) is 27.1 Å². The second-order valence-corrected chi connectivity index (χ2v) is 6.12. The molecule has 1 aromatic heterocycles. The summed E-state index contributed by atoms with van der Waals surface area (Å²) < 4.78 is 0. The van der Waals surface area contributed by atoms with Crippen LogP contribution >= 0.6 is 0 Å². The average Bonchev–Trinajstić information content (AvgIpc) is 2.51. The zero-order chi connectivity index (χ0) is 15.9. The third kappa shape index (κ3) is 4.55. The monoisotopic (exact) mass is 307 g/mol. The van der Waals surface area contributed by atoms with Crippen molar-refractivity contribution in [3.05, 3.63) is 11.3 Å². The van der Waals surface area contributed by atoms with Gasteiger partial charge < -0.3 is 21.1 Å². The minimum Gasteiger partial charge on any atom is -0.396 e. The van der Waals surface area contributed by atoms with Crippen molar-refractivity contribution in [2.75, 3.05) is 43.8 Å². The molecule has 0 amide bonds. The molecule has 0 saturated carbocycles. The zero-order valence-corrected chi connectivity index (χ0v) is 13.8. The van der Waals surface area contributed by atoms with Crippen LogP contribution in [0.5, 0.6) is 0 Å². The lowest BCUT2D eigenvalue weighted by atomic mass is 9.99. The highest BCUT2D eigenvalue weighted by Crippen LogP contribution is 2.18. The van der Waals surface area contributed by atoms with Gasteiger partial charge in [0.15, 0.2) is 0 Å². The van der Waals surface area contributed by atoms with Crippen LogP contribution in [0, 0.1) is 12.8 Å². The predicted octanol–water partition coefficient (Wildman–Crippen LogP) is 1.44. The van der Waals surface area contributed by atoms with E-state index in [1.54, 1.807) is 0 Å². The lowest BCUT2D eigenvalue weighted by molar-refractivity contribution is 0.120. The number of aryl methyl sites for hydroxylation is 1. The summed E-state index contributed by atoms with van der Waals surface area (Å²) in [6.45, 7) is 8.51. The number of nitrogens with one attached hydrogen (secondary N) is 1. The Labute approximate surface area is 133 Å². The van der Waals surface area contributed by atoms with Crippen molar-refractivity contribution in [1.82, 2.24) is 14.9 Å². The number of hydrogen-bond acceptors (Lipinski definition) is 6. The maximum absolute atomic E-state index is 9.27. The van der Waals surface area contributed by atoms with Crippen molar-refractivity contribution in [2.45, 2.75) is 39.5 Å². The zero-order valence-electron chi connectivity index (χ0n) is 13.8. The Hall–Kier alpha value is -1.40. The van der Waals surface area contributed by atoms with Gasteiger partial charge in [-0.15, -0.1) is 0 Å². The molecule has 0 aliphatic carbocycles. The molecule has 1 aromatic rings. The van der Waals surface area contributed by atoms with E-state index in [1.807, 2.05) is 6.92 Å². The third-order valence-electron chi connectivity index (χ3n) is 4.39. The minimum absolute atomic E-state index is 0.314. The van der Waals surface area contributed by atoms with Gasteiger partial charge in [-0.25, -0.2) is 4.98 Å². The second-order valence-electron chi connectivity index (χ2n) is 6.12. The summed E-state index contributed by atoms with van der Waals surface area (Å²) in [4.78, 5) is 11.0. The van der Waals surface area contributed by atoms with E-state index in [0.29, 0.717) is 18.5 Å². The molecular formula is C16H29N5O. The number of nitrogen functional groups attached to an aromatic ring is 1. The fourth-order valence-corrected chi connectivity index (χ4v) is 3.20. The van der Waals surface area contributed by atoms with Crippen molar-refractivity contribution in [3.8, 4) is 0 Å². The van der Waals surface area contributed by atoms with Gasteiger partial charge in [0.1, 0.15) is 5.82 Å². The molecule has 1 aliphatic rings. The fourth-order valence-electron chi connectivity index (χ4n) is 3.20. The summed E-state index contributed by atoms with van der Waals surface area (Å²) in [6, 6.07) is 0. The molecule has 0 aromatic carbocycles. The van der Waals surface area contributed by atoms with Crippen LogP contribution in [0.15, 0.2) is 0 Å². The van der Waals surface area contributed by atoms with Crippen molar-refractivity contribution >= 4 is 11.8 Å². The van der Waals surface area contributed by atoms with E-state index in [1.165, 1.54) is 6.42 Å². The molecular weight excluding hydrogens is 278 g/mol. The summed E-state index contributed by atoms with van der Waals surface area (Å²) in [6.07, 6.45) is 4.31. The Morgan fingerprint density at radius 1 is 1.41 bits per heavy atom. The van der Waals surface area contributed by atoms with Crippen LogP contribution in [0.2, 0.25) is 0 Å². The number of rotatable bonds is 7. The Bertz CT molecular complexity index is 480. The first-order valence-corrected chi connectivity index (χ1v) is 8.34. The van der Waals surface area contributed by atoms with Crippen LogP contribution < -0.4 is 11.1 Å². The highest BCUT2D eigenvalue weighted by Gasteiger charge is 2.18. The summed E-state index contributed by atoms with van der Waals surface area (Å²) in [5, 5.41) is 12.7. The maximum atomic E-state index is 9.27. The number of aliphatic hydroxyl groups is 1. The van der Waals surface area contributed by atoms with Crippen LogP contribution in [0.1, 0.15) is 37.4 Å². The van der Waals surface area contributed by atoms with Crippen LogP contribution in [0.25, 0.3) is 0 Å². The second kappa shape index (κ2) is 8.29. The number of aromatic nitrogens is 2. The van der Waals surface area contributed by atoms with Gasteiger partial charge in [0, 0.05) is 31.0 Å². The molecule has 124 valence electrons. The predicted molar refractivity (Wildman–Crippen MR) is 89.9 cm³/mol. The van der Waals surface area contributed by atoms with Crippen LogP contribution in [-0.4, -0.2) is 52.8 Å². The Kier molecular flexibility index (Phi) is 6.39. The summed E-state index contributed by atoms with van der Waals surface area (Å²) in [7, 11) is 0. The van der Waals surface area contributed by atoms with Crippen LogP contribution in [-0.2, 0) is 6.42 Å². The Balaban J connectivity index is 1.79. The van der Waals surface area contributed by atoms with Crippen molar-refractivity contribution in [1.29, 1.82) is 0 Å². The average molecular weight is 307 g/mol. The fraction of sp³-hybridized carbons (Fsp3) is 0.750. The summed E-state index contributed by atoms with van der Waals surface area (Å²) in [5.74, 6) is 1.66. The van der Waals surface area contributed by atoms with Gasteiger partial charge in [0.2, 0.25) is 5.95 Å². The summed E-state index contributed by atoms with van der Waals surface area (Å²) >= 11 is 0. The molecule has 2 rings (SSSR count). The smallest absolute Gasteiger partial charge is 0.222 e. The van der Waals surface area contributed by atoms with E-state index in [9.17, 15) is 5.11 Å². The van der Waals surface area contributed by atoms with Crippen molar-refractivity contribution in [3.63, 3.8) is 0 Å². The number of aliphatic hydroxyl groups excluding tert-OH is 1. The number of hydrogen-bond donors (Lipinski definition) is 3. The molecule has 1 saturated heterocycles. The van der Waals surface area contributed by atoms with Gasteiger partial charge in [-0.05, 0) is 51.6 Å². The van der Waals surface area contributed by atoms with E-state index >= 15 is 0 Å². The standard InChI is InChI=1S/C16H29N5O/c1-3-14-12(2)19-16(17)20-15(14)18-7-5-9-21-8-4-6-13(10-21)11-22/h13,22H,3-11H2,1-2H3,(H3,17,18,19,20)/t13-/m1/s1. The lowest BCUT2D eigenvalue weighted by Crippen LogP contribution is -2.37. The number of nitrogens with zero attached hydrogens (tertiary/aromatic N) is 3. The molecule has 1 aliphatic heterocycles. The molecule has 4 N–H and O–H groups in total. The highest BCUT2D eigenvalue weighted by molar-refractivity contribution is 5.49. The third-order valence-corrected chi connectivity index (χ3v) is 4.39. The van der Waals surface area contributed by atoms with Gasteiger partial charge in [0.05, 0.1) is 0 Å². The Morgan fingerprint density at radius 3 is 2.95 bits per heavy atom. The molecule has 22 heavy (non-hydrogen) atoms. The van der Waals surface area contributed by atoms with E-state index in [-0.39, 0.29) is 0 Å². The van der Waals surface area contributed by atoms with E-state index in [4.69, 9.17) is 5.73 Å². The maximum Gasteiger partial charge on any atom is 0.222 e. The Morgan fingerprint density at radius 2 is 2.23 bits per heavy atom. The van der Waals surface area contributed by atoms with E-state index < -0.39 is 0 Å². The quantitative estimate of drug-likeness (QED) is 0.661. The van der Waals surface area contributed by atoms with Gasteiger partial charge in [-0.1, -0.05) is 6.92 Å². The summed E-state index contributed by atoms with van der Waals surface area (Å²) in [5.41, 5.74) is 7.84. The topological polar surface area (TPSA) is 87.3 Å². The largest absolute Gasteiger partial charge is 0.396 e. The molecule has 6 heteroatoms. The molecule has 0 radical (unpaired) electrons. The number of nitrogens with two attached hydrogens (primary N) is 1. The molecule has 1 fully saturated rings. The van der Waals surface area contributed by atoms with Gasteiger partial charge >= 0.3 is 0 Å². The normalized spacial score (nSPS) is 19.3. The molecule has 0 unspecified atom stereocenters. The molecule has 0 spiro atoms. The lowest BCUT2D eigenvalue weighted by Gasteiger charge is -2.31. The number of likely N-dealkylation sites (tertiary alicyclic amines) is 1. The number of piperidine rings is 1. The molecule has 1 atom stereocenters. The SMILES string of the molecule is CCc1c(C)nc(N)nc1NCCCN1CCC[C@@H](CO)C1. The highest BCUT2D eigenvalue weighted by atomic mass is 16.3. The first kappa shape index (κ1) is 17.0. The van der Waals surface area contributed by atoms with Crippen molar-refractivity contribution in [2.24, 2.45) is 5.92 Å². The first-order chi connectivity index (χ1) is 10.6. The van der Waals surface area contributed by atoms with Gasteiger partial charge in [-0.3, -0.25) is 0 Å². The van der Waals surface area contributed by atoms with E-state index in [0.717, 1.165) is 62.5 Å². The number of anilines is 2. The van der Waals surface area contributed by atoms with Crippen LogP contribution in [0.4, 0.5) is 11.8 Å². The van der Waals surface area contributed by atoms with Crippen molar-refractivity contribution < 1.29 is 5.11 Å². The van der Waals surface area contributed by atoms with Gasteiger partial charge in [0.25, 0.3) is 0 Å². The van der Waals surface area contributed by atoms with Gasteiger partial charge in [-0.2, -0.15) is 4.98 Å². The minimum atomic E-state index is 0.314. The first-order valence-electron chi connectivity index (χ1n) is 8.34. The molecule has 6 nitrogen and oxygen atoms in total. The molecule has 0 bridgehead atoms.